The molecule has 1 saturated carbocycles. The molecule has 4 atom stereocenters. The van der Waals surface area contributed by atoms with E-state index in [9.17, 15) is 10.2 Å². The van der Waals surface area contributed by atoms with Gasteiger partial charge in [0.05, 0.1) is 17.7 Å². The molecule has 222 valence electrons. The normalized spacial score (nSPS) is 21.7. The highest BCUT2D eigenvalue weighted by Crippen LogP contribution is 2.42. The number of nitrogens with one attached hydrogen (secondary N) is 1. The number of nitrogens with zero attached hydrogens (tertiary/aromatic N) is 6. The molecule has 1 fully saturated rings. The van der Waals surface area contributed by atoms with E-state index in [1.165, 1.54) is 28.4 Å². The Hall–Kier alpha value is -3.34. The van der Waals surface area contributed by atoms with Crippen LogP contribution >= 0.6 is 34.8 Å². The van der Waals surface area contributed by atoms with Crippen LogP contribution in [0, 0.1) is 0 Å². The first-order chi connectivity index (χ1) is 20.9. The van der Waals surface area contributed by atoms with Gasteiger partial charge in [0, 0.05) is 48.1 Å². The summed E-state index contributed by atoms with van der Waals surface area (Å²) in [4.78, 5) is 19.8. The average molecular weight is 639 g/mol. The van der Waals surface area contributed by atoms with E-state index in [1.807, 2.05) is 30.5 Å². The monoisotopic (exact) mass is 637 g/mol. The second kappa shape index (κ2) is 13.1. The Kier molecular flexibility index (Phi) is 9.06. The van der Waals surface area contributed by atoms with Crippen LogP contribution in [0.4, 0.5) is 5.82 Å². The third-order valence-electron chi connectivity index (χ3n) is 8.06. The Morgan fingerprint density at radius 3 is 2.35 bits per heavy atom. The predicted molar refractivity (Wildman–Crippen MR) is 168 cm³/mol. The van der Waals surface area contributed by atoms with Crippen LogP contribution in [-0.2, 0) is 12.8 Å². The van der Waals surface area contributed by atoms with Crippen molar-refractivity contribution in [2.45, 2.75) is 62.7 Å². The van der Waals surface area contributed by atoms with Crippen LogP contribution in [0.15, 0.2) is 67.1 Å². The first-order valence-corrected chi connectivity index (χ1v) is 15.3. The Labute approximate surface area is 263 Å². The van der Waals surface area contributed by atoms with Gasteiger partial charge in [0.25, 0.3) is 0 Å². The van der Waals surface area contributed by atoms with Gasteiger partial charge in [-0.25, -0.2) is 19.9 Å². The molecule has 5 aromatic rings. The molecule has 8 rings (SSSR count). The van der Waals surface area contributed by atoms with E-state index in [1.54, 1.807) is 12.3 Å². The Bertz CT molecular complexity index is 1720. The molecule has 2 aliphatic carbocycles. The standard InChI is InChI=1S/C16H14ClN3O.C11H14N2O.C4H2Cl2N2/c17-16-18-8-7-15(19-16)20-13-4-2-1-3-11(13)12-9-10(21)5-6-14(12)20;14-7-3-4-10-9(6-7)8-2-1-5-12-11(8)13-10;5-3-1-2-7-4(6)8-3/h1-4,7-8,10,21H,5-6,9H2;1-2,5,7,9-10,14H,3-4,6H2,(H,12,13);1-2H. The average Bonchev–Trinajstić information content (AvgIpc) is 3.53. The SMILES string of the molecule is Clc1ccnc(Cl)n1.OC1CCC2Nc3ncccc3C2C1.OC1CCc2c(c3ccccc3n2-c2ccnc(Cl)n2)C1. The van der Waals surface area contributed by atoms with Gasteiger partial charge in [-0.3, -0.25) is 4.57 Å². The number of aromatic nitrogens is 6. The molecule has 1 aliphatic heterocycles. The van der Waals surface area contributed by atoms with Crippen LogP contribution in [0.3, 0.4) is 0 Å². The molecule has 3 aliphatic rings. The Morgan fingerprint density at radius 1 is 0.791 bits per heavy atom. The lowest BCUT2D eigenvalue weighted by molar-refractivity contribution is 0.117. The van der Waals surface area contributed by atoms with E-state index >= 15 is 0 Å². The lowest BCUT2D eigenvalue weighted by Gasteiger charge is -2.28. The van der Waals surface area contributed by atoms with Crippen LogP contribution in [-0.4, -0.2) is 57.9 Å². The summed E-state index contributed by atoms with van der Waals surface area (Å²) in [7, 11) is 0. The molecule has 12 heteroatoms. The van der Waals surface area contributed by atoms with Gasteiger partial charge in [0.1, 0.15) is 16.8 Å². The van der Waals surface area contributed by atoms with Gasteiger partial charge in [0.15, 0.2) is 0 Å². The number of hydrogen-bond donors (Lipinski definition) is 3. The maximum atomic E-state index is 9.98. The summed E-state index contributed by atoms with van der Waals surface area (Å²) in [5, 5.41) is 25.0. The number of halogens is 3. The fraction of sp³-hybridized carbons (Fsp3) is 0.323. The van der Waals surface area contributed by atoms with E-state index in [-0.39, 0.29) is 22.8 Å². The van der Waals surface area contributed by atoms with Crippen LogP contribution in [0.25, 0.3) is 16.7 Å². The Balaban J connectivity index is 0.000000128. The van der Waals surface area contributed by atoms with E-state index < -0.39 is 0 Å². The summed E-state index contributed by atoms with van der Waals surface area (Å²) in [6.45, 7) is 0. The molecular weight excluding hydrogens is 609 g/mol. The maximum absolute atomic E-state index is 9.98. The third kappa shape index (κ3) is 6.61. The smallest absolute Gasteiger partial charge is 0.224 e. The molecule has 3 N–H and O–H groups in total. The number of aliphatic hydroxyl groups is 2. The molecule has 1 aromatic carbocycles. The molecule has 5 heterocycles. The van der Waals surface area contributed by atoms with Crippen LogP contribution in [0.5, 0.6) is 0 Å². The molecule has 43 heavy (non-hydrogen) atoms. The molecule has 0 spiro atoms. The maximum Gasteiger partial charge on any atom is 0.224 e. The minimum Gasteiger partial charge on any atom is -0.393 e. The highest BCUT2D eigenvalue weighted by atomic mass is 35.5. The topological polar surface area (TPSA) is 122 Å². The van der Waals surface area contributed by atoms with E-state index in [4.69, 9.17) is 34.8 Å². The van der Waals surface area contributed by atoms with Crippen molar-refractivity contribution in [1.29, 1.82) is 0 Å². The van der Waals surface area contributed by atoms with Crippen molar-refractivity contribution in [3.05, 3.63) is 99.7 Å². The van der Waals surface area contributed by atoms with Gasteiger partial charge in [-0.05, 0) is 90.7 Å². The van der Waals surface area contributed by atoms with Crippen molar-refractivity contribution in [2.75, 3.05) is 5.32 Å². The lowest BCUT2D eigenvalue weighted by Crippen LogP contribution is -2.30. The summed E-state index contributed by atoms with van der Waals surface area (Å²) < 4.78 is 2.14. The summed E-state index contributed by atoms with van der Waals surface area (Å²) in [6, 6.07) is 16.3. The molecule has 0 bridgehead atoms. The highest BCUT2D eigenvalue weighted by molar-refractivity contribution is 6.31. The van der Waals surface area contributed by atoms with Gasteiger partial charge in [-0.1, -0.05) is 35.9 Å². The van der Waals surface area contributed by atoms with Gasteiger partial charge in [0.2, 0.25) is 10.6 Å². The zero-order valence-corrected chi connectivity index (χ0v) is 25.4. The second-order valence-electron chi connectivity index (χ2n) is 10.8. The lowest BCUT2D eigenvalue weighted by atomic mass is 9.81. The molecule has 9 nitrogen and oxygen atoms in total. The molecule has 0 saturated heterocycles. The Morgan fingerprint density at radius 2 is 1.58 bits per heavy atom. The number of aliphatic hydroxyl groups excluding tert-OH is 2. The van der Waals surface area contributed by atoms with Crippen molar-refractivity contribution < 1.29 is 10.2 Å². The molecular formula is C31H30Cl3N7O2. The summed E-state index contributed by atoms with van der Waals surface area (Å²) in [6.07, 6.45) is 9.79. The quantitative estimate of drug-likeness (QED) is 0.146. The minimum absolute atomic E-state index is 0.121. The van der Waals surface area contributed by atoms with E-state index in [2.05, 4.69) is 53.0 Å². The molecule has 4 unspecified atom stereocenters. The van der Waals surface area contributed by atoms with E-state index in [0.717, 1.165) is 49.3 Å². The second-order valence-corrected chi connectivity index (χ2v) is 11.8. The fourth-order valence-electron chi connectivity index (χ4n) is 6.20. The number of anilines is 1. The first-order valence-electron chi connectivity index (χ1n) is 14.2. The minimum atomic E-state index is -0.259. The van der Waals surface area contributed by atoms with Crippen molar-refractivity contribution in [2.24, 2.45) is 0 Å². The molecule has 4 aromatic heterocycles. The predicted octanol–water partition coefficient (Wildman–Crippen LogP) is 6.21. The highest BCUT2D eigenvalue weighted by Gasteiger charge is 2.37. The zero-order chi connectivity index (χ0) is 29.9. The van der Waals surface area contributed by atoms with Crippen molar-refractivity contribution in [3.8, 4) is 5.82 Å². The summed E-state index contributed by atoms with van der Waals surface area (Å²) >= 11 is 16.7. The molecule has 0 radical (unpaired) electrons. The largest absolute Gasteiger partial charge is 0.393 e. The number of pyridine rings is 1. The van der Waals surface area contributed by atoms with Crippen molar-refractivity contribution in [1.82, 2.24) is 29.5 Å². The van der Waals surface area contributed by atoms with Gasteiger partial charge < -0.3 is 15.5 Å². The number of fused-ring (bicyclic) bond motifs is 6. The number of rotatable bonds is 1. The van der Waals surface area contributed by atoms with Gasteiger partial charge in [-0.15, -0.1) is 0 Å². The van der Waals surface area contributed by atoms with Crippen LogP contribution in [0.2, 0.25) is 15.7 Å². The first kappa shape index (κ1) is 29.7. The fourth-order valence-corrected chi connectivity index (χ4v) is 6.67. The summed E-state index contributed by atoms with van der Waals surface area (Å²) in [5.74, 6) is 2.28. The van der Waals surface area contributed by atoms with Crippen LogP contribution < -0.4 is 5.32 Å². The zero-order valence-electron chi connectivity index (χ0n) is 23.1. The van der Waals surface area contributed by atoms with E-state index in [0.29, 0.717) is 23.5 Å². The summed E-state index contributed by atoms with van der Waals surface area (Å²) in [5.41, 5.74) is 4.83. The third-order valence-corrected chi connectivity index (χ3v) is 8.63. The van der Waals surface area contributed by atoms with Crippen molar-refractivity contribution >= 4 is 51.5 Å². The number of hydrogen-bond acceptors (Lipinski definition) is 8. The number of para-hydroxylation sites is 1. The van der Waals surface area contributed by atoms with Gasteiger partial charge in [-0.2, -0.15) is 4.98 Å². The van der Waals surface area contributed by atoms with Crippen molar-refractivity contribution in [3.63, 3.8) is 0 Å². The van der Waals surface area contributed by atoms with Crippen LogP contribution in [0.1, 0.15) is 48.4 Å². The molecule has 0 amide bonds. The number of benzene rings is 1. The van der Waals surface area contributed by atoms with Gasteiger partial charge >= 0.3 is 0 Å².